The summed E-state index contributed by atoms with van der Waals surface area (Å²) in [6.45, 7) is 3.70. The van der Waals surface area contributed by atoms with Crippen LogP contribution in [0.2, 0.25) is 10.0 Å². The van der Waals surface area contributed by atoms with Gasteiger partial charge in [-0.2, -0.15) is 0 Å². The number of hydrogen-bond acceptors (Lipinski definition) is 7. The number of halogens is 4. The Morgan fingerprint density at radius 3 is 2.54 bits per heavy atom. The third kappa shape index (κ3) is 7.21. The van der Waals surface area contributed by atoms with Gasteiger partial charge >= 0.3 is 0 Å². The quantitative estimate of drug-likeness (QED) is 0.0922. The lowest BCUT2D eigenvalue weighted by Crippen LogP contribution is -2.12. The topological polar surface area (TPSA) is 92.3 Å². The lowest BCUT2D eigenvalue weighted by atomic mass is 10.1. The molecule has 0 bridgehead atoms. The molecule has 0 N–H and O–H groups in total. The highest BCUT2D eigenvalue weighted by Crippen LogP contribution is 2.43. The van der Waals surface area contributed by atoms with Crippen LogP contribution in [0.5, 0.6) is 11.5 Å². The summed E-state index contributed by atoms with van der Waals surface area (Å²) in [6, 6.07) is 14.5. The molecule has 4 rings (SSSR count). The van der Waals surface area contributed by atoms with Crippen LogP contribution in [0.1, 0.15) is 29.1 Å². The number of hydrogen-bond donors (Lipinski definition) is 0. The van der Waals surface area contributed by atoms with Crippen molar-refractivity contribution in [2.75, 3.05) is 13.2 Å². The third-order valence-corrected chi connectivity index (χ3v) is 7.89. The van der Waals surface area contributed by atoms with E-state index >= 15 is 0 Å². The lowest BCUT2D eigenvalue weighted by Gasteiger charge is -2.19. The van der Waals surface area contributed by atoms with E-state index in [-0.39, 0.29) is 17.3 Å². The second-order valence-electron chi connectivity index (χ2n) is 8.25. The third-order valence-electron chi connectivity index (χ3n) is 5.53. The molecule has 0 aliphatic heterocycles. The molecule has 39 heavy (non-hydrogen) atoms. The zero-order valence-electron chi connectivity index (χ0n) is 20.7. The first-order valence-corrected chi connectivity index (χ1v) is 14.1. The van der Waals surface area contributed by atoms with Gasteiger partial charge in [-0.25, -0.2) is 4.39 Å². The van der Waals surface area contributed by atoms with Gasteiger partial charge in [-0.15, -0.1) is 10.2 Å². The summed E-state index contributed by atoms with van der Waals surface area (Å²) in [5.74, 6) is 1.03. The Hall–Kier alpha value is -2.86. The van der Waals surface area contributed by atoms with Gasteiger partial charge in [-0.05, 0) is 83.9 Å². The Balaban J connectivity index is 1.67. The van der Waals surface area contributed by atoms with Crippen molar-refractivity contribution in [1.82, 2.24) is 14.8 Å². The Labute approximate surface area is 246 Å². The molecule has 8 nitrogen and oxygen atoms in total. The van der Waals surface area contributed by atoms with Crippen LogP contribution in [0.15, 0.2) is 64.2 Å². The minimum absolute atomic E-state index is 0.154. The molecule has 13 heteroatoms. The number of aromatic nitrogens is 3. The molecule has 1 atom stereocenters. The van der Waals surface area contributed by atoms with E-state index in [1.54, 1.807) is 54.0 Å². The predicted molar refractivity (Wildman–Crippen MR) is 153 cm³/mol. The fraction of sp³-hybridized carbons (Fsp3) is 0.231. The van der Waals surface area contributed by atoms with Gasteiger partial charge in [0, 0.05) is 26.2 Å². The average molecular weight is 656 g/mol. The maximum Gasteiger partial charge on any atom is 0.220 e. The summed E-state index contributed by atoms with van der Waals surface area (Å²) in [5, 5.41) is 20.8. The van der Waals surface area contributed by atoms with Crippen LogP contribution in [-0.2, 0) is 6.61 Å². The van der Waals surface area contributed by atoms with E-state index in [0.717, 1.165) is 5.56 Å². The lowest BCUT2D eigenvalue weighted by molar-refractivity contribution is -0.479. The number of ether oxygens (including phenoxy) is 2. The van der Waals surface area contributed by atoms with Gasteiger partial charge in [0.2, 0.25) is 6.54 Å². The number of nitro groups is 1. The van der Waals surface area contributed by atoms with Crippen molar-refractivity contribution in [2.24, 2.45) is 0 Å². The molecule has 0 fully saturated rings. The molecule has 0 saturated carbocycles. The maximum absolute atomic E-state index is 13.5. The van der Waals surface area contributed by atoms with Crippen LogP contribution in [0.25, 0.3) is 5.69 Å². The van der Waals surface area contributed by atoms with Gasteiger partial charge < -0.3 is 9.47 Å². The second kappa shape index (κ2) is 13.0. The summed E-state index contributed by atoms with van der Waals surface area (Å²) in [7, 11) is 0. The molecule has 4 aromatic rings. The van der Waals surface area contributed by atoms with Gasteiger partial charge in [0.25, 0.3) is 0 Å². The fourth-order valence-electron chi connectivity index (χ4n) is 3.75. The van der Waals surface area contributed by atoms with Crippen LogP contribution in [0.4, 0.5) is 4.39 Å². The van der Waals surface area contributed by atoms with Crippen LogP contribution < -0.4 is 9.47 Å². The molecular formula is C26H22BrCl2FN4O4S. The molecule has 1 aromatic heterocycles. The van der Waals surface area contributed by atoms with Gasteiger partial charge in [0.15, 0.2) is 16.7 Å². The molecule has 1 heterocycles. The molecule has 0 aliphatic rings. The van der Waals surface area contributed by atoms with Crippen LogP contribution in [0.3, 0.4) is 0 Å². The monoisotopic (exact) mass is 654 g/mol. The Morgan fingerprint density at radius 1 is 1.13 bits per heavy atom. The molecular weight excluding hydrogens is 634 g/mol. The van der Waals surface area contributed by atoms with E-state index in [1.165, 1.54) is 23.9 Å². The normalized spacial score (nSPS) is 11.8. The van der Waals surface area contributed by atoms with Gasteiger partial charge in [0.1, 0.15) is 23.5 Å². The molecule has 0 spiro atoms. The highest BCUT2D eigenvalue weighted by atomic mass is 79.9. The highest BCUT2D eigenvalue weighted by molar-refractivity contribution is 9.10. The van der Waals surface area contributed by atoms with E-state index in [9.17, 15) is 14.5 Å². The number of aryl methyl sites for hydroxylation is 1. The summed E-state index contributed by atoms with van der Waals surface area (Å²) < 4.78 is 27.7. The first-order chi connectivity index (χ1) is 18.7. The molecule has 0 amide bonds. The molecule has 0 unspecified atom stereocenters. The molecule has 3 aromatic carbocycles. The predicted octanol–water partition coefficient (Wildman–Crippen LogP) is 7.87. The zero-order chi connectivity index (χ0) is 28.1. The van der Waals surface area contributed by atoms with E-state index in [2.05, 4.69) is 26.1 Å². The summed E-state index contributed by atoms with van der Waals surface area (Å²) in [4.78, 5) is 11.3. The largest absolute Gasteiger partial charge is 0.490 e. The van der Waals surface area contributed by atoms with E-state index in [1.807, 2.05) is 6.92 Å². The van der Waals surface area contributed by atoms with Crippen molar-refractivity contribution in [1.29, 1.82) is 0 Å². The molecule has 0 radical (unpaired) electrons. The first kappa shape index (κ1) is 29.1. The number of benzene rings is 3. The number of thioether (sulfide) groups is 1. The minimum Gasteiger partial charge on any atom is -0.490 e. The molecule has 0 saturated heterocycles. The van der Waals surface area contributed by atoms with E-state index < -0.39 is 11.8 Å². The highest BCUT2D eigenvalue weighted by Gasteiger charge is 2.26. The van der Waals surface area contributed by atoms with Crippen molar-refractivity contribution in [2.45, 2.75) is 30.9 Å². The Morgan fingerprint density at radius 2 is 1.87 bits per heavy atom. The van der Waals surface area contributed by atoms with Gasteiger partial charge in [-0.1, -0.05) is 41.0 Å². The van der Waals surface area contributed by atoms with Gasteiger partial charge in [-0.3, -0.25) is 14.7 Å². The maximum atomic E-state index is 13.5. The first-order valence-electron chi connectivity index (χ1n) is 11.7. The van der Waals surface area contributed by atoms with Crippen LogP contribution in [-0.4, -0.2) is 32.8 Å². The smallest absolute Gasteiger partial charge is 0.220 e. The van der Waals surface area contributed by atoms with Crippen molar-refractivity contribution in [3.05, 3.63) is 102 Å². The Bertz CT molecular complexity index is 1490. The number of nitrogens with zero attached hydrogens (tertiary/aromatic N) is 4. The van der Waals surface area contributed by atoms with Crippen molar-refractivity contribution >= 4 is 50.9 Å². The summed E-state index contributed by atoms with van der Waals surface area (Å²) >= 11 is 17.0. The van der Waals surface area contributed by atoms with E-state index in [0.29, 0.717) is 54.9 Å². The minimum atomic E-state index is -0.655. The molecule has 0 aliphatic carbocycles. The fourth-order valence-corrected chi connectivity index (χ4v) is 5.94. The van der Waals surface area contributed by atoms with Crippen LogP contribution >= 0.6 is 50.9 Å². The van der Waals surface area contributed by atoms with Crippen molar-refractivity contribution in [3.8, 4) is 17.2 Å². The average Bonchev–Trinajstić information content (AvgIpc) is 3.24. The second-order valence-corrected chi connectivity index (χ2v) is 11.1. The molecule has 204 valence electrons. The zero-order valence-corrected chi connectivity index (χ0v) is 24.7. The summed E-state index contributed by atoms with van der Waals surface area (Å²) in [5.41, 5.74) is 1.99. The SMILES string of the molecule is CCOc1cc([C@@H](C[N+](=O)[O-])Sc2nnc(C)n2-c2ccc(F)cc2)cc(Br)c1OCc1ccc(Cl)cc1Cl. The van der Waals surface area contributed by atoms with Crippen LogP contribution in [0, 0.1) is 22.9 Å². The standard InChI is InChI=1S/C26H22BrCl2FN4O4S/c1-3-37-23-11-17(10-21(27)25(23)38-14-16-4-5-18(28)12-22(16)29)24(13-33(35)36)39-26-32-31-15(2)34(26)20-8-6-19(30)7-9-20/h4-12,24H,3,13-14H2,1-2H3/t24-/m1/s1. The van der Waals surface area contributed by atoms with E-state index in [4.69, 9.17) is 32.7 Å². The number of rotatable bonds is 11. The van der Waals surface area contributed by atoms with Crippen molar-refractivity contribution in [3.63, 3.8) is 0 Å². The van der Waals surface area contributed by atoms with Crippen molar-refractivity contribution < 1.29 is 18.8 Å². The van der Waals surface area contributed by atoms with Gasteiger partial charge in [0.05, 0.1) is 11.1 Å². The Kier molecular flexibility index (Phi) is 9.71. The summed E-state index contributed by atoms with van der Waals surface area (Å²) in [6.07, 6.45) is 0.